The highest BCUT2D eigenvalue weighted by molar-refractivity contribution is 6.27. The third kappa shape index (κ3) is 4.33. The standard InChI is InChI=1S/C41H27N3O7/c45-22-41(19-42-35(46)26-13-1-7-23-8-2-14-27(32(23)26)36(42)47,20-43-37(48)28-15-3-9-24-10-4-16-29(33(24)28)38(43)49)21-44-39(50)30-17-5-11-25-12-6-18-31(34(25)30)40(44)51/h1-18,45H,19-22H2. The van der Waals surface area contributed by atoms with Crippen molar-refractivity contribution in [2.24, 2.45) is 5.41 Å². The van der Waals surface area contributed by atoms with Gasteiger partial charge < -0.3 is 5.11 Å². The Balaban J connectivity index is 1.17. The van der Waals surface area contributed by atoms with Crippen LogP contribution in [0, 0.1) is 5.41 Å². The third-order valence-electron chi connectivity index (χ3n) is 10.4. The Kier molecular flexibility index (Phi) is 6.58. The quantitative estimate of drug-likeness (QED) is 0.227. The summed E-state index contributed by atoms with van der Waals surface area (Å²) in [6.07, 6.45) is 0. The van der Waals surface area contributed by atoms with Crippen LogP contribution in [0.1, 0.15) is 62.1 Å². The molecule has 0 spiro atoms. The van der Waals surface area contributed by atoms with Gasteiger partial charge >= 0.3 is 0 Å². The summed E-state index contributed by atoms with van der Waals surface area (Å²) in [5, 5.41) is 15.0. The first-order valence-corrected chi connectivity index (χ1v) is 16.5. The lowest BCUT2D eigenvalue weighted by Gasteiger charge is -2.43. The van der Waals surface area contributed by atoms with Gasteiger partial charge in [-0.15, -0.1) is 0 Å². The molecule has 0 atom stereocenters. The van der Waals surface area contributed by atoms with E-state index in [2.05, 4.69) is 0 Å². The van der Waals surface area contributed by atoms with Crippen molar-refractivity contribution < 1.29 is 33.9 Å². The fraction of sp³-hybridized carbons (Fsp3) is 0.122. The maximum atomic E-state index is 14.2. The molecule has 0 aliphatic carbocycles. The molecule has 9 rings (SSSR count). The minimum absolute atomic E-state index is 0.269. The van der Waals surface area contributed by atoms with Gasteiger partial charge in [0, 0.05) is 74.6 Å². The molecule has 3 aliphatic heterocycles. The number of carbonyl (C=O) groups excluding carboxylic acids is 6. The van der Waals surface area contributed by atoms with Crippen LogP contribution in [0.2, 0.25) is 0 Å². The normalized spacial score (nSPS) is 15.6. The second-order valence-electron chi connectivity index (χ2n) is 13.4. The summed E-state index contributed by atoms with van der Waals surface area (Å²) in [6, 6.07) is 30.7. The van der Waals surface area contributed by atoms with Crippen LogP contribution < -0.4 is 0 Å². The van der Waals surface area contributed by atoms with Gasteiger partial charge in [0.25, 0.3) is 35.4 Å². The van der Waals surface area contributed by atoms with Gasteiger partial charge in [0.1, 0.15) is 0 Å². The van der Waals surface area contributed by atoms with E-state index in [1.54, 1.807) is 109 Å². The SMILES string of the molecule is O=C1c2cccc3cccc(c23)C(=O)N1CC(CO)(CN1C(=O)c2cccc3cccc(c23)C1=O)CN1C(=O)c2cccc3cccc(c23)C1=O. The van der Waals surface area contributed by atoms with E-state index in [1.165, 1.54) is 0 Å². The van der Waals surface area contributed by atoms with Crippen LogP contribution in [0.5, 0.6) is 0 Å². The summed E-state index contributed by atoms with van der Waals surface area (Å²) < 4.78 is 0. The molecular weight excluding hydrogens is 646 g/mol. The molecule has 1 N–H and O–H groups in total. The Bertz CT molecular complexity index is 2180. The maximum Gasteiger partial charge on any atom is 0.261 e. The van der Waals surface area contributed by atoms with Crippen molar-refractivity contribution >= 4 is 67.8 Å². The first-order valence-electron chi connectivity index (χ1n) is 16.5. The van der Waals surface area contributed by atoms with E-state index in [0.29, 0.717) is 32.3 Å². The Hall–Kier alpha value is -6.52. The van der Waals surface area contributed by atoms with Crippen molar-refractivity contribution in [1.29, 1.82) is 0 Å². The molecule has 0 saturated heterocycles. The molecule has 248 valence electrons. The van der Waals surface area contributed by atoms with E-state index in [9.17, 15) is 33.9 Å². The van der Waals surface area contributed by atoms with Gasteiger partial charge in [0.05, 0.1) is 6.61 Å². The highest BCUT2D eigenvalue weighted by Crippen LogP contribution is 2.38. The predicted octanol–water partition coefficient (Wildman–Crippen LogP) is 5.31. The molecular formula is C41H27N3O7. The van der Waals surface area contributed by atoms with Gasteiger partial charge in [-0.05, 0) is 52.6 Å². The molecule has 6 aromatic carbocycles. The second kappa shape index (κ2) is 11.0. The minimum atomic E-state index is -1.76. The van der Waals surface area contributed by atoms with Gasteiger partial charge in [-0.1, -0.05) is 72.8 Å². The summed E-state index contributed by atoms with van der Waals surface area (Å²) >= 11 is 0. The molecule has 3 aliphatic rings. The molecule has 0 aromatic heterocycles. The Morgan fingerprint density at radius 1 is 0.373 bits per heavy atom. The van der Waals surface area contributed by atoms with Gasteiger partial charge in [-0.3, -0.25) is 43.5 Å². The average Bonchev–Trinajstić information content (AvgIpc) is 3.16. The van der Waals surface area contributed by atoms with Crippen LogP contribution in [-0.2, 0) is 0 Å². The van der Waals surface area contributed by atoms with Crippen molar-refractivity contribution in [2.75, 3.05) is 26.2 Å². The number of hydrogen-bond acceptors (Lipinski definition) is 7. The van der Waals surface area contributed by atoms with E-state index in [-0.39, 0.29) is 33.4 Å². The number of benzene rings is 6. The lowest BCUT2D eigenvalue weighted by atomic mass is 9.82. The van der Waals surface area contributed by atoms with Gasteiger partial charge in [0.15, 0.2) is 0 Å². The molecule has 0 bridgehead atoms. The fourth-order valence-electron chi connectivity index (χ4n) is 7.98. The van der Waals surface area contributed by atoms with Crippen LogP contribution in [0.4, 0.5) is 0 Å². The zero-order valence-electron chi connectivity index (χ0n) is 27.0. The van der Waals surface area contributed by atoms with Crippen LogP contribution in [-0.4, -0.2) is 81.5 Å². The summed E-state index contributed by atoms with van der Waals surface area (Å²) in [7, 11) is 0. The number of imide groups is 3. The molecule has 0 saturated carbocycles. The van der Waals surface area contributed by atoms with Crippen molar-refractivity contribution in [3.05, 3.63) is 143 Å². The number of carbonyl (C=O) groups is 6. The highest BCUT2D eigenvalue weighted by atomic mass is 16.3. The summed E-state index contributed by atoms with van der Waals surface area (Å²) in [6.45, 7) is -2.35. The zero-order chi connectivity index (χ0) is 35.2. The third-order valence-corrected chi connectivity index (χ3v) is 10.4. The maximum absolute atomic E-state index is 14.2. The Labute approximate surface area is 290 Å². The number of aliphatic hydroxyl groups is 1. The molecule has 3 heterocycles. The van der Waals surface area contributed by atoms with Crippen LogP contribution >= 0.6 is 0 Å². The molecule has 10 nitrogen and oxygen atoms in total. The van der Waals surface area contributed by atoms with E-state index in [1.807, 2.05) is 0 Å². The lowest BCUT2D eigenvalue weighted by Crippen LogP contribution is -2.60. The van der Waals surface area contributed by atoms with Crippen molar-refractivity contribution in [2.45, 2.75) is 0 Å². The number of aliphatic hydroxyl groups excluding tert-OH is 1. The van der Waals surface area contributed by atoms with Crippen LogP contribution in [0.3, 0.4) is 0 Å². The summed E-state index contributed by atoms with van der Waals surface area (Å²) in [5.74, 6) is -3.83. The minimum Gasteiger partial charge on any atom is -0.396 e. The monoisotopic (exact) mass is 673 g/mol. The van der Waals surface area contributed by atoms with Crippen LogP contribution in [0.25, 0.3) is 32.3 Å². The van der Waals surface area contributed by atoms with Crippen LogP contribution in [0.15, 0.2) is 109 Å². The van der Waals surface area contributed by atoms with Gasteiger partial charge in [-0.2, -0.15) is 0 Å². The topological polar surface area (TPSA) is 132 Å². The number of amides is 6. The van der Waals surface area contributed by atoms with Gasteiger partial charge in [0.2, 0.25) is 0 Å². The summed E-state index contributed by atoms with van der Waals surface area (Å²) in [4.78, 5) is 87.9. The molecule has 6 aromatic rings. The van der Waals surface area contributed by atoms with E-state index < -0.39 is 67.1 Å². The van der Waals surface area contributed by atoms with E-state index >= 15 is 0 Å². The zero-order valence-corrected chi connectivity index (χ0v) is 27.0. The Morgan fingerprint density at radius 2 is 0.588 bits per heavy atom. The summed E-state index contributed by atoms with van der Waals surface area (Å²) in [5.41, 5.74) is -0.145. The predicted molar refractivity (Wildman–Crippen MR) is 187 cm³/mol. The molecule has 51 heavy (non-hydrogen) atoms. The molecule has 6 amide bonds. The fourth-order valence-corrected chi connectivity index (χ4v) is 7.98. The van der Waals surface area contributed by atoms with Crippen molar-refractivity contribution in [3.8, 4) is 0 Å². The number of rotatable bonds is 7. The van der Waals surface area contributed by atoms with Crippen molar-refractivity contribution in [1.82, 2.24) is 14.7 Å². The first kappa shape index (κ1) is 30.5. The number of hydrogen-bond donors (Lipinski definition) is 1. The number of nitrogens with zero attached hydrogens (tertiary/aromatic N) is 3. The molecule has 0 fully saturated rings. The van der Waals surface area contributed by atoms with E-state index in [0.717, 1.165) is 14.7 Å². The van der Waals surface area contributed by atoms with E-state index in [4.69, 9.17) is 0 Å². The molecule has 0 radical (unpaired) electrons. The Morgan fingerprint density at radius 3 is 0.784 bits per heavy atom. The largest absolute Gasteiger partial charge is 0.396 e. The van der Waals surface area contributed by atoms with Crippen molar-refractivity contribution in [3.63, 3.8) is 0 Å². The average molecular weight is 674 g/mol. The highest BCUT2D eigenvalue weighted by Gasteiger charge is 2.48. The lowest BCUT2D eigenvalue weighted by molar-refractivity contribution is 0.0130. The molecule has 0 unspecified atom stereocenters. The second-order valence-corrected chi connectivity index (χ2v) is 13.4. The molecule has 10 heteroatoms. The van der Waals surface area contributed by atoms with Gasteiger partial charge in [-0.25, -0.2) is 0 Å². The smallest absolute Gasteiger partial charge is 0.261 e. The first-order chi connectivity index (χ1) is 24.7.